The summed E-state index contributed by atoms with van der Waals surface area (Å²) in [5.41, 5.74) is 6.83. The van der Waals surface area contributed by atoms with Gasteiger partial charge in [0.25, 0.3) is 0 Å². The van der Waals surface area contributed by atoms with Crippen molar-refractivity contribution in [2.75, 3.05) is 31.6 Å². The van der Waals surface area contributed by atoms with Crippen molar-refractivity contribution in [2.45, 2.75) is 32.2 Å². The van der Waals surface area contributed by atoms with Crippen molar-refractivity contribution >= 4 is 17.5 Å². The molecule has 2 heterocycles. The fraction of sp³-hybridized carbons (Fsp3) is 0.579. The summed E-state index contributed by atoms with van der Waals surface area (Å²) in [7, 11) is 1.61. The monoisotopic (exact) mass is 345 g/mol. The molecule has 0 aromatic heterocycles. The smallest absolute Gasteiger partial charge is 0.228 e. The van der Waals surface area contributed by atoms with Crippen molar-refractivity contribution in [2.24, 2.45) is 17.6 Å². The maximum absolute atomic E-state index is 12.9. The minimum absolute atomic E-state index is 0.00395. The minimum Gasteiger partial charge on any atom is -0.497 e. The van der Waals surface area contributed by atoms with E-state index >= 15 is 0 Å². The van der Waals surface area contributed by atoms with E-state index in [-0.39, 0.29) is 30.2 Å². The van der Waals surface area contributed by atoms with Crippen LogP contribution in [0.2, 0.25) is 0 Å². The average Bonchev–Trinajstić information content (AvgIpc) is 3.03. The Morgan fingerprint density at radius 2 is 2.00 bits per heavy atom. The zero-order chi connectivity index (χ0) is 18.0. The van der Waals surface area contributed by atoms with E-state index in [4.69, 9.17) is 10.5 Å². The lowest BCUT2D eigenvalue weighted by atomic mass is 9.91. The summed E-state index contributed by atoms with van der Waals surface area (Å²) in [6.45, 7) is 3.94. The number of carbonyl (C=O) groups excluding carboxylic acids is 2. The van der Waals surface area contributed by atoms with Gasteiger partial charge in [0.1, 0.15) is 5.75 Å². The Morgan fingerprint density at radius 1 is 1.28 bits per heavy atom. The Labute approximate surface area is 148 Å². The first-order valence-corrected chi connectivity index (χ1v) is 8.98. The number of amides is 2. The largest absolute Gasteiger partial charge is 0.497 e. The number of nitrogens with zero attached hydrogens (tertiary/aromatic N) is 2. The molecule has 6 nitrogen and oxygen atoms in total. The molecular weight excluding hydrogens is 318 g/mol. The van der Waals surface area contributed by atoms with E-state index in [2.05, 4.69) is 0 Å². The van der Waals surface area contributed by atoms with E-state index in [0.29, 0.717) is 19.0 Å². The van der Waals surface area contributed by atoms with Gasteiger partial charge < -0.3 is 20.3 Å². The number of ether oxygens (including phenoxy) is 1. The fourth-order valence-corrected chi connectivity index (χ4v) is 3.78. The van der Waals surface area contributed by atoms with Gasteiger partial charge in [-0.1, -0.05) is 0 Å². The molecule has 2 fully saturated rings. The summed E-state index contributed by atoms with van der Waals surface area (Å²) in [5, 5.41) is 0. The highest BCUT2D eigenvalue weighted by molar-refractivity contribution is 6.00. The first-order chi connectivity index (χ1) is 12.0. The van der Waals surface area contributed by atoms with Crippen molar-refractivity contribution in [3.63, 3.8) is 0 Å². The van der Waals surface area contributed by atoms with Crippen LogP contribution in [0, 0.1) is 11.8 Å². The van der Waals surface area contributed by atoms with Gasteiger partial charge in [-0.2, -0.15) is 0 Å². The van der Waals surface area contributed by atoms with Gasteiger partial charge >= 0.3 is 0 Å². The number of nitrogens with two attached hydrogens (primary N) is 1. The van der Waals surface area contributed by atoms with Crippen molar-refractivity contribution < 1.29 is 14.3 Å². The quantitative estimate of drug-likeness (QED) is 0.900. The van der Waals surface area contributed by atoms with E-state index < -0.39 is 0 Å². The number of rotatable bonds is 4. The predicted octanol–water partition coefficient (Wildman–Crippen LogP) is 1.63. The number of methoxy groups -OCH3 is 1. The molecule has 1 aromatic rings. The Morgan fingerprint density at radius 3 is 2.64 bits per heavy atom. The van der Waals surface area contributed by atoms with Crippen LogP contribution >= 0.6 is 0 Å². The standard InChI is InChI=1S/C19H27N3O3/c1-13(20)14-4-3-9-21(11-14)19(24)15-10-18(23)22(12-15)16-5-7-17(25-2)8-6-16/h5-8,13-15H,3-4,9-12,20H2,1-2H3. The lowest BCUT2D eigenvalue weighted by molar-refractivity contribution is -0.137. The first kappa shape index (κ1) is 17.7. The number of hydrogen-bond donors (Lipinski definition) is 1. The summed E-state index contributed by atoms with van der Waals surface area (Å²) in [4.78, 5) is 28.9. The van der Waals surface area contributed by atoms with Crippen molar-refractivity contribution in [1.29, 1.82) is 0 Å². The van der Waals surface area contributed by atoms with Gasteiger partial charge in [-0.15, -0.1) is 0 Å². The zero-order valence-electron chi connectivity index (χ0n) is 15.0. The van der Waals surface area contributed by atoms with Crippen molar-refractivity contribution in [1.82, 2.24) is 4.90 Å². The second-order valence-corrected chi connectivity index (χ2v) is 7.15. The summed E-state index contributed by atoms with van der Waals surface area (Å²) in [6.07, 6.45) is 2.34. The SMILES string of the molecule is COc1ccc(N2CC(C(=O)N3CCCC(C(C)N)C3)CC2=O)cc1. The van der Waals surface area contributed by atoms with Gasteiger partial charge in [0.15, 0.2) is 0 Å². The van der Waals surface area contributed by atoms with Gasteiger partial charge in [0.2, 0.25) is 11.8 Å². The molecule has 0 aliphatic carbocycles. The number of piperidine rings is 1. The molecule has 3 unspecified atom stereocenters. The van der Waals surface area contributed by atoms with Gasteiger partial charge in [-0.05, 0) is 49.9 Å². The molecule has 6 heteroatoms. The third-order valence-corrected chi connectivity index (χ3v) is 5.37. The van der Waals surface area contributed by atoms with E-state index in [1.54, 1.807) is 12.0 Å². The van der Waals surface area contributed by atoms with E-state index in [9.17, 15) is 9.59 Å². The Balaban J connectivity index is 1.66. The van der Waals surface area contributed by atoms with Crippen LogP contribution in [0.3, 0.4) is 0 Å². The van der Waals surface area contributed by atoms with Gasteiger partial charge in [-0.25, -0.2) is 0 Å². The molecule has 2 saturated heterocycles. The third-order valence-electron chi connectivity index (χ3n) is 5.37. The highest BCUT2D eigenvalue weighted by atomic mass is 16.5. The number of benzene rings is 1. The number of hydrogen-bond acceptors (Lipinski definition) is 4. The Hall–Kier alpha value is -2.08. The van der Waals surface area contributed by atoms with Crippen LogP contribution in [0.15, 0.2) is 24.3 Å². The molecule has 2 amide bonds. The van der Waals surface area contributed by atoms with E-state index in [1.807, 2.05) is 36.1 Å². The lowest BCUT2D eigenvalue weighted by Gasteiger charge is -2.35. The summed E-state index contributed by atoms with van der Waals surface area (Å²) in [5.74, 6) is 0.936. The minimum atomic E-state index is -0.263. The average molecular weight is 345 g/mol. The van der Waals surface area contributed by atoms with Gasteiger partial charge in [-0.3, -0.25) is 9.59 Å². The first-order valence-electron chi connectivity index (χ1n) is 8.98. The molecule has 1 aromatic carbocycles. The van der Waals surface area contributed by atoms with Crippen LogP contribution in [-0.4, -0.2) is 49.5 Å². The number of anilines is 1. The summed E-state index contributed by atoms with van der Waals surface area (Å²) >= 11 is 0. The van der Waals surface area contributed by atoms with Crippen molar-refractivity contribution in [3.05, 3.63) is 24.3 Å². The number of carbonyl (C=O) groups is 2. The number of likely N-dealkylation sites (tertiary alicyclic amines) is 1. The second kappa shape index (κ2) is 7.44. The molecule has 2 N–H and O–H groups in total. The predicted molar refractivity (Wildman–Crippen MR) is 96.4 cm³/mol. The van der Waals surface area contributed by atoms with Crippen LogP contribution < -0.4 is 15.4 Å². The molecule has 3 rings (SSSR count). The molecule has 2 aliphatic rings. The second-order valence-electron chi connectivity index (χ2n) is 7.15. The zero-order valence-corrected chi connectivity index (χ0v) is 15.0. The maximum Gasteiger partial charge on any atom is 0.228 e. The van der Waals surface area contributed by atoms with E-state index in [1.165, 1.54) is 0 Å². The summed E-state index contributed by atoms with van der Waals surface area (Å²) < 4.78 is 5.15. The normalized spacial score (nSPS) is 25.2. The van der Waals surface area contributed by atoms with Crippen LogP contribution in [0.4, 0.5) is 5.69 Å². The Kier molecular flexibility index (Phi) is 5.27. The Bertz CT molecular complexity index is 629. The summed E-state index contributed by atoms with van der Waals surface area (Å²) in [6, 6.07) is 7.47. The maximum atomic E-state index is 12.9. The third kappa shape index (κ3) is 3.79. The van der Waals surface area contributed by atoms with Crippen LogP contribution in [0.1, 0.15) is 26.2 Å². The van der Waals surface area contributed by atoms with Crippen LogP contribution in [0.25, 0.3) is 0 Å². The molecular formula is C19H27N3O3. The van der Waals surface area contributed by atoms with Gasteiger partial charge in [0.05, 0.1) is 13.0 Å². The highest BCUT2D eigenvalue weighted by Gasteiger charge is 2.38. The molecule has 0 bridgehead atoms. The van der Waals surface area contributed by atoms with Gasteiger partial charge in [0, 0.05) is 37.8 Å². The molecule has 136 valence electrons. The lowest BCUT2D eigenvalue weighted by Crippen LogP contribution is -2.47. The fourth-order valence-electron chi connectivity index (χ4n) is 3.78. The topological polar surface area (TPSA) is 75.9 Å². The molecule has 3 atom stereocenters. The van der Waals surface area contributed by atoms with Crippen LogP contribution in [-0.2, 0) is 9.59 Å². The molecule has 25 heavy (non-hydrogen) atoms. The van der Waals surface area contributed by atoms with Crippen LogP contribution in [0.5, 0.6) is 5.75 Å². The molecule has 0 saturated carbocycles. The van der Waals surface area contributed by atoms with E-state index in [0.717, 1.165) is 30.8 Å². The molecule has 2 aliphatic heterocycles. The highest BCUT2D eigenvalue weighted by Crippen LogP contribution is 2.29. The molecule has 0 spiro atoms. The molecule has 0 radical (unpaired) electrons. The van der Waals surface area contributed by atoms with Crippen molar-refractivity contribution in [3.8, 4) is 5.75 Å².